The van der Waals surface area contributed by atoms with E-state index in [1.165, 1.54) is 0 Å². The maximum Gasteiger partial charge on any atom is 0.309 e. The highest BCUT2D eigenvalue weighted by atomic mass is 79.9. The SMILES string of the molecule is O=C(OCc1cc(-c2ccc(Br)cc2)no1)C1CCCC1. The third-order valence-electron chi connectivity index (χ3n) is 3.74. The molecule has 1 fully saturated rings. The van der Waals surface area contributed by atoms with Crippen LogP contribution in [0.25, 0.3) is 11.3 Å². The van der Waals surface area contributed by atoms with Gasteiger partial charge in [0.15, 0.2) is 12.4 Å². The number of aromatic nitrogens is 1. The summed E-state index contributed by atoms with van der Waals surface area (Å²) < 4.78 is 11.5. The molecule has 0 radical (unpaired) electrons. The van der Waals surface area contributed by atoms with Crippen LogP contribution in [0, 0.1) is 5.92 Å². The molecular formula is C16H16BrNO3. The lowest BCUT2D eigenvalue weighted by atomic mass is 10.1. The molecule has 1 saturated carbocycles. The van der Waals surface area contributed by atoms with Gasteiger partial charge in [-0.25, -0.2) is 0 Å². The van der Waals surface area contributed by atoms with Gasteiger partial charge < -0.3 is 9.26 Å². The van der Waals surface area contributed by atoms with Crippen LogP contribution in [-0.2, 0) is 16.1 Å². The molecule has 1 aliphatic carbocycles. The third-order valence-corrected chi connectivity index (χ3v) is 4.27. The monoisotopic (exact) mass is 349 g/mol. The van der Waals surface area contributed by atoms with Gasteiger partial charge in [-0.2, -0.15) is 0 Å². The first kappa shape index (κ1) is 14.3. The summed E-state index contributed by atoms with van der Waals surface area (Å²) in [5.41, 5.74) is 1.71. The number of carbonyl (C=O) groups excluding carboxylic acids is 1. The van der Waals surface area contributed by atoms with Gasteiger partial charge in [0, 0.05) is 16.1 Å². The zero-order chi connectivity index (χ0) is 14.7. The van der Waals surface area contributed by atoms with Crippen LogP contribution in [0.15, 0.2) is 39.3 Å². The fraction of sp³-hybridized carbons (Fsp3) is 0.375. The van der Waals surface area contributed by atoms with E-state index in [9.17, 15) is 4.79 Å². The first-order valence-corrected chi connectivity index (χ1v) is 7.90. The molecule has 4 nitrogen and oxygen atoms in total. The van der Waals surface area contributed by atoms with Crippen LogP contribution in [0.1, 0.15) is 31.4 Å². The topological polar surface area (TPSA) is 52.3 Å². The van der Waals surface area contributed by atoms with Crippen LogP contribution in [0.4, 0.5) is 0 Å². The molecule has 5 heteroatoms. The zero-order valence-corrected chi connectivity index (χ0v) is 13.1. The van der Waals surface area contributed by atoms with Crippen molar-refractivity contribution >= 4 is 21.9 Å². The van der Waals surface area contributed by atoms with E-state index in [-0.39, 0.29) is 18.5 Å². The predicted molar refractivity (Wildman–Crippen MR) is 81.4 cm³/mol. The van der Waals surface area contributed by atoms with Crippen molar-refractivity contribution in [2.45, 2.75) is 32.3 Å². The van der Waals surface area contributed by atoms with Crippen molar-refractivity contribution in [3.63, 3.8) is 0 Å². The van der Waals surface area contributed by atoms with Crippen LogP contribution in [0.5, 0.6) is 0 Å². The molecule has 0 aliphatic heterocycles. The lowest BCUT2D eigenvalue weighted by Crippen LogP contribution is -2.14. The van der Waals surface area contributed by atoms with Crippen LogP contribution < -0.4 is 0 Å². The average molecular weight is 350 g/mol. The molecule has 1 heterocycles. The fourth-order valence-electron chi connectivity index (χ4n) is 2.56. The Kier molecular flexibility index (Phi) is 4.39. The van der Waals surface area contributed by atoms with Gasteiger partial charge in [0.05, 0.1) is 5.92 Å². The molecule has 0 spiro atoms. The first-order chi connectivity index (χ1) is 10.2. The molecule has 0 N–H and O–H groups in total. The van der Waals surface area contributed by atoms with Gasteiger partial charge in [-0.3, -0.25) is 4.79 Å². The minimum atomic E-state index is -0.117. The quantitative estimate of drug-likeness (QED) is 0.770. The maximum absolute atomic E-state index is 11.8. The average Bonchev–Trinajstić information content (AvgIpc) is 3.17. The summed E-state index contributed by atoms with van der Waals surface area (Å²) in [5.74, 6) is 0.521. The van der Waals surface area contributed by atoms with E-state index in [0.717, 1.165) is 41.4 Å². The molecule has 1 aliphatic rings. The first-order valence-electron chi connectivity index (χ1n) is 7.10. The number of halogens is 1. The van der Waals surface area contributed by atoms with Gasteiger partial charge in [0.1, 0.15) is 5.69 Å². The third kappa shape index (κ3) is 3.53. The molecule has 1 aromatic heterocycles. The van der Waals surface area contributed by atoms with Crippen molar-refractivity contribution in [1.82, 2.24) is 5.16 Å². The van der Waals surface area contributed by atoms with Crippen molar-refractivity contribution in [2.75, 3.05) is 0 Å². The Labute approximate surface area is 131 Å². The second-order valence-corrected chi connectivity index (χ2v) is 6.19. The standard InChI is InChI=1S/C16H16BrNO3/c17-13-7-5-11(6-8-13)15-9-14(21-18-15)10-20-16(19)12-3-1-2-4-12/h5-9,12H,1-4,10H2. The summed E-state index contributed by atoms with van der Waals surface area (Å²) in [5, 5.41) is 4.01. The van der Waals surface area contributed by atoms with Crippen LogP contribution >= 0.6 is 15.9 Å². The minimum Gasteiger partial charge on any atom is -0.457 e. The fourth-order valence-corrected chi connectivity index (χ4v) is 2.82. The summed E-state index contributed by atoms with van der Waals surface area (Å²) in [6.45, 7) is 0.152. The van der Waals surface area contributed by atoms with Crippen LogP contribution in [0.3, 0.4) is 0 Å². The number of hydrogen-bond acceptors (Lipinski definition) is 4. The number of nitrogens with zero attached hydrogens (tertiary/aromatic N) is 1. The van der Waals surface area contributed by atoms with Gasteiger partial charge in [-0.05, 0) is 25.0 Å². The van der Waals surface area contributed by atoms with E-state index < -0.39 is 0 Å². The summed E-state index contributed by atoms with van der Waals surface area (Å²) >= 11 is 3.39. The molecular weight excluding hydrogens is 334 g/mol. The number of esters is 1. The van der Waals surface area contributed by atoms with Gasteiger partial charge in [-0.15, -0.1) is 0 Å². The largest absolute Gasteiger partial charge is 0.457 e. The molecule has 0 atom stereocenters. The molecule has 0 amide bonds. The second-order valence-electron chi connectivity index (χ2n) is 5.27. The Morgan fingerprint density at radius 3 is 2.71 bits per heavy atom. The zero-order valence-electron chi connectivity index (χ0n) is 11.5. The van der Waals surface area contributed by atoms with Gasteiger partial charge >= 0.3 is 5.97 Å². The molecule has 21 heavy (non-hydrogen) atoms. The van der Waals surface area contributed by atoms with E-state index in [1.54, 1.807) is 0 Å². The number of ether oxygens (including phenoxy) is 1. The maximum atomic E-state index is 11.8. The number of hydrogen-bond donors (Lipinski definition) is 0. The number of carbonyl (C=O) groups is 1. The molecule has 0 saturated heterocycles. The number of rotatable bonds is 4. The molecule has 1 aromatic carbocycles. The van der Waals surface area contributed by atoms with Crippen molar-refractivity contribution in [3.8, 4) is 11.3 Å². The lowest BCUT2D eigenvalue weighted by Gasteiger charge is -2.07. The Morgan fingerprint density at radius 2 is 2.00 bits per heavy atom. The van der Waals surface area contributed by atoms with Crippen molar-refractivity contribution in [3.05, 3.63) is 40.6 Å². The molecule has 2 aromatic rings. The predicted octanol–water partition coefficient (Wildman–Crippen LogP) is 4.34. The Bertz CT molecular complexity index is 615. The summed E-state index contributed by atoms with van der Waals surface area (Å²) in [4.78, 5) is 11.8. The highest BCUT2D eigenvalue weighted by Gasteiger charge is 2.24. The Balaban J connectivity index is 1.60. The van der Waals surface area contributed by atoms with Gasteiger partial charge in [0.25, 0.3) is 0 Å². The van der Waals surface area contributed by atoms with E-state index >= 15 is 0 Å². The molecule has 0 unspecified atom stereocenters. The lowest BCUT2D eigenvalue weighted by molar-refractivity contribution is -0.150. The molecule has 110 valence electrons. The summed E-state index contributed by atoms with van der Waals surface area (Å²) in [7, 11) is 0. The van der Waals surface area contributed by atoms with Gasteiger partial charge in [-0.1, -0.05) is 46.1 Å². The Hall–Kier alpha value is -1.62. The van der Waals surface area contributed by atoms with E-state index in [4.69, 9.17) is 9.26 Å². The van der Waals surface area contributed by atoms with Crippen molar-refractivity contribution in [1.29, 1.82) is 0 Å². The van der Waals surface area contributed by atoms with E-state index in [0.29, 0.717) is 5.76 Å². The van der Waals surface area contributed by atoms with Crippen molar-refractivity contribution in [2.24, 2.45) is 5.92 Å². The number of benzene rings is 1. The highest BCUT2D eigenvalue weighted by Crippen LogP contribution is 2.26. The van der Waals surface area contributed by atoms with Crippen LogP contribution in [-0.4, -0.2) is 11.1 Å². The second kappa shape index (κ2) is 6.43. The Morgan fingerprint density at radius 1 is 1.29 bits per heavy atom. The highest BCUT2D eigenvalue weighted by molar-refractivity contribution is 9.10. The van der Waals surface area contributed by atoms with E-state index in [1.807, 2.05) is 30.3 Å². The normalized spacial score (nSPS) is 15.3. The summed E-state index contributed by atoms with van der Waals surface area (Å²) in [6.07, 6.45) is 4.13. The van der Waals surface area contributed by atoms with Crippen molar-refractivity contribution < 1.29 is 14.1 Å². The minimum absolute atomic E-state index is 0.0684. The molecule has 3 rings (SSSR count). The summed E-state index contributed by atoms with van der Waals surface area (Å²) in [6, 6.07) is 9.62. The van der Waals surface area contributed by atoms with E-state index in [2.05, 4.69) is 21.1 Å². The van der Waals surface area contributed by atoms with Gasteiger partial charge in [0.2, 0.25) is 0 Å². The van der Waals surface area contributed by atoms with Crippen LogP contribution in [0.2, 0.25) is 0 Å². The molecule has 0 bridgehead atoms. The smallest absolute Gasteiger partial charge is 0.309 e.